The smallest absolute Gasteiger partial charge is 0.337 e. The van der Waals surface area contributed by atoms with E-state index in [1.807, 2.05) is 13.8 Å². The number of ether oxygens (including phenoxy) is 2. The van der Waals surface area contributed by atoms with Crippen molar-refractivity contribution < 1.29 is 27.5 Å². The van der Waals surface area contributed by atoms with E-state index in [4.69, 9.17) is 5.73 Å². The fourth-order valence-corrected chi connectivity index (χ4v) is 3.44. The van der Waals surface area contributed by atoms with Crippen LogP contribution in [0.2, 0.25) is 0 Å². The van der Waals surface area contributed by atoms with Gasteiger partial charge in [0, 0.05) is 19.6 Å². The van der Waals surface area contributed by atoms with Crippen LogP contribution in [0.4, 0.5) is 0 Å². The van der Waals surface area contributed by atoms with E-state index < -0.39 is 22.0 Å². The second-order valence-corrected chi connectivity index (χ2v) is 8.30. The van der Waals surface area contributed by atoms with Crippen molar-refractivity contribution in [2.24, 2.45) is 11.7 Å². The number of nitrogens with zero attached hydrogens (tertiary/aromatic N) is 1. The first-order valence-corrected chi connectivity index (χ1v) is 9.52. The Balaban J connectivity index is 3.25. The van der Waals surface area contributed by atoms with E-state index in [0.29, 0.717) is 6.42 Å². The molecule has 0 amide bonds. The Morgan fingerprint density at radius 1 is 1.08 bits per heavy atom. The highest BCUT2D eigenvalue weighted by molar-refractivity contribution is 7.89. The SMILES string of the molecule is COC(=O)c1cc(C(=O)OC)cc(S(=O)(=O)N(C)CCC(N)C(C)C)c1. The van der Waals surface area contributed by atoms with Crippen molar-refractivity contribution >= 4 is 22.0 Å². The van der Waals surface area contributed by atoms with Gasteiger partial charge in [0.2, 0.25) is 10.0 Å². The van der Waals surface area contributed by atoms with Crippen LogP contribution < -0.4 is 5.73 Å². The number of benzene rings is 1. The van der Waals surface area contributed by atoms with Gasteiger partial charge in [-0.05, 0) is 30.5 Å². The van der Waals surface area contributed by atoms with Crippen molar-refractivity contribution in [2.75, 3.05) is 27.8 Å². The highest BCUT2D eigenvalue weighted by atomic mass is 32.2. The molecule has 0 aliphatic heterocycles. The Kier molecular flexibility index (Phi) is 7.73. The molecule has 8 nitrogen and oxygen atoms in total. The molecule has 1 aromatic carbocycles. The van der Waals surface area contributed by atoms with Crippen LogP contribution in [0.3, 0.4) is 0 Å². The number of methoxy groups -OCH3 is 2. The third kappa shape index (κ3) is 5.26. The summed E-state index contributed by atoms with van der Waals surface area (Å²) in [6, 6.07) is 3.43. The van der Waals surface area contributed by atoms with E-state index >= 15 is 0 Å². The van der Waals surface area contributed by atoms with Crippen molar-refractivity contribution in [3.8, 4) is 0 Å². The molecule has 0 aromatic heterocycles. The molecular formula is C17H26N2O6S. The zero-order valence-electron chi connectivity index (χ0n) is 15.7. The summed E-state index contributed by atoms with van der Waals surface area (Å²) in [6.45, 7) is 4.13. The predicted molar refractivity (Wildman–Crippen MR) is 96.4 cm³/mol. The summed E-state index contributed by atoms with van der Waals surface area (Å²) in [5.41, 5.74) is 5.86. The number of esters is 2. The van der Waals surface area contributed by atoms with Gasteiger partial charge in [-0.3, -0.25) is 0 Å². The molecule has 0 saturated heterocycles. The summed E-state index contributed by atoms with van der Waals surface area (Å²) in [6.07, 6.45) is 0.480. The van der Waals surface area contributed by atoms with Crippen molar-refractivity contribution in [2.45, 2.75) is 31.2 Å². The summed E-state index contributed by atoms with van der Waals surface area (Å²) in [5, 5.41) is 0. The maximum Gasteiger partial charge on any atom is 0.337 e. The minimum atomic E-state index is -3.93. The Hall–Kier alpha value is -1.97. The predicted octanol–water partition coefficient (Wildman–Crippen LogP) is 1.25. The number of nitrogens with two attached hydrogens (primary N) is 1. The average molecular weight is 386 g/mol. The van der Waals surface area contributed by atoms with Crippen molar-refractivity contribution in [1.29, 1.82) is 0 Å². The molecule has 0 saturated carbocycles. The standard InChI is InChI=1S/C17H26N2O6S/c1-11(2)15(18)6-7-19(3)26(22,23)14-9-12(16(20)24-4)8-13(10-14)17(21)25-5/h8-11,15H,6-7,18H2,1-5H3. The van der Waals surface area contributed by atoms with Gasteiger partial charge in [0.05, 0.1) is 30.2 Å². The lowest BCUT2D eigenvalue weighted by Crippen LogP contribution is -2.34. The fourth-order valence-electron chi connectivity index (χ4n) is 2.18. The highest BCUT2D eigenvalue weighted by Crippen LogP contribution is 2.21. The van der Waals surface area contributed by atoms with E-state index in [1.165, 1.54) is 39.5 Å². The molecule has 146 valence electrons. The molecule has 1 aromatic rings. The molecule has 9 heteroatoms. The van der Waals surface area contributed by atoms with Crippen LogP contribution in [0.5, 0.6) is 0 Å². The van der Waals surface area contributed by atoms with Crippen LogP contribution in [0.25, 0.3) is 0 Å². The minimum Gasteiger partial charge on any atom is -0.465 e. The number of hydrogen-bond acceptors (Lipinski definition) is 7. The van der Waals surface area contributed by atoms with Crippen molar-refractivity contribution in [1.82, 2.24) is 4.31 Å². The lowest BCUT2D eigenvalue weighted by Gasteiger charge is -2.21. The van der Waals surface area contributed by atoms with Gasteiger partial charge in [-0.25, -0.2) is 22.3 Å². The van der Waals surface area contributed by atoms with Crippen LogP contribution in [-0.2, 0) is 19.5 Å². The van der Waals surface area contributed by atoms with E-state index in [9.17, 15) is 18.0 Å². The number of carbonyl (C=O) groups is 2. The van der Waals surface area contributed by atoms with Crippen molar-refractivity contribution in [3.05, 3.63) is 29.3 Å². The Morgan fingerprint density at radius 2 is 1.54 bits per heavy atom. The van der Waals surface area contributed by atoms with Gasteiger partial charge >= 0.3 is 11.9 Å². The third-order valence-corrected chi connectivity index (χ3v) is 5.93. The van der Waals surface area contributed by atoms with Gasteiger partial charge in [-0.2, -0.15) is 0 Å². The number of sulfonamides is 1. The second-order valence-electron chi connectivity index (χ2n) is 6.25. The molecule has 0 aliphatic carbocycles. The summed E-state index contributed by atoms with van der Waals surface area (Å²) in [7, 11) is -0.170. The van der Waals surface area contributed by atoms with Gasteiger partial charge in [-0.15, -0.1) is 0 Å². The zero-order valence-corrected chi connectivity index (χ0v) is 16.5. The van der Waals surface area contributed by atoms with E-state index in [0.717, 1.165) is 4.31 Å². The molecule has 1 unspecified atom stereocenters. The van der Waals surface area contributed by atoms with Gasteiger partial charge in [0.1, 0.15) is 0 Å². The van der Waals surface area contributed by atoms with E-state index in [1.54, 1.807) is 0 Å². The number of carbonyl (C=O) groups excluding carboxylic acids is 2. The maximum atomic E-state index is 12.8. The maximum absolute atomic E-state index is 12.8. The fraction of sp³-hybridized carbons (Fsp3) is 0.529. The molecule has 1 atom stereocenters. The Morgan fingerprint density at radius 3 is 1.92 bits per heavy atom. The van der Waals surface area contributed by atoms with Crippen LogP contribution >= 0.6 is 0 Å². The largest absolute Gasteiger partial charge is 0.465 e. The average Bonchev–Trinajstić information content (AvgIpc) is 2.63. The Labute approximate surface area is 154 Å². The Bertz CT molecular complexity index is 726. The second kappa shape index (κ2) is 9.11. The molecule has 0 radical (unpaired) electrons. The topological polar surface area (TPSA) is 116 Å². The van der Waals surface area contributed by atoms with E-state index in [2.05, 4.69) is 9.47 Å². The molecule has 0 fully saturated rings. The molecular weight excluding hydrogens is 360 g/mol. The normalized spacial score (nSPS) is 12.9. The molecule has 0 aliphatic rings. The summed E-state index contributed by atoms with van der Waals surface area (Å²) in [4.78, 5) is 23.4. The third-order valence-electron chi connectivity index (χ3n) is 4.09. The molecule has 26 heavy (non-hydrogen) atoms. The van der Waals surface area contributed by atoms with Gasteiger partial charge in [-0.1, -0.05) is 13.8 Å². The van der Waals surface area contributed by atoms with Crippen LogP contribution in [0, 0.1) is 5.92 Å². The minimum absolute atomic E-state index is 0.0544. The van der Waals surface area contributed by atoms with Crippen LogP contribution in [0.1, 0.15) is 41.0 Å². The molecule has 0 spiro atoms. The first-order chi connectivity index (χ1) is 12.0. The molecule has 1 rings (SSSR count). The summed E-state index contributed by atoms with van der Waals surface area (Å²) < 4.78 is 36.0. The van der Waals surface area contributed by atoms with Crippen molar-refractivity contribution in [3.63, 3.8) is 0 Å². The monoisotopic (exact) mass is 386 g/mol. The number of rotatable bonds is 8. The summed E-state index contributed by atoms with van der Waals surface area (Å²) in [5.74, 6) is -1.28. The zero-order chi connectivity index (χ0) is 20.1. The lowest BCUT2D eigenvalue weighted by atomic mass is 10.0. The van der Waals surface area contributed by atoms with Gasteiger partial charge < -0.3 is 15.2 Å². The van der Waals surface area contributed by atoms with Gasteiger partial charge in [0.15, 0.2) is 0 Å². The first-order valence-electron chi connectivity index (χ1n) is 8.08. The molecule has 0 bridgehead atoms. The van der Waals surface area contributed by atoms with Crippen LogP contribution in [0.15, 0.2) is 23.1 Å². The number of hydrogen-bond donors (Lipinski definition) is 1. The summed E-state index contributed by atoms with van der Waals surface area (Å²) >= 11 is 0. The quantitative estimate of drug-likeness (QED) is 0.668. The highest BCUT2D eigenvalue weighted by Gasteiger charge is 2.25. The van der Waals surface area contributed by atoms with Crippen LogP contribution in [-0.4, -0.2) is 58.5 Å². The lowest BCUT2D eigenvalue weighted by molar-refractivity contribution is 0.0598. The van der Waals surface area contributed by atoms with Gasteiger partial charge in [0.25, 0.3) is 0 Å². The first kappa shape index (κ1) is 22.1. The molecule has 0 heterocycles. The van der Waals surface area contributed by atoms with E-state index in [-0.39, 0.29) is 34.5 Å². The molecule has 2 N–H and O–H groups in total.